The molecule has 3 nitrogen and oxygen atoms in total. The van der Waals surface area contributed by atoms with Crippen molar-refractivity contribution in [1.29, 1.82) is 0 Å². The van der Waals surface area contributed by atoms with Crippen molar-refractivity contribution in [3.63, 3.8) is 0 Å². The van der Waals surface area contributed by atoms with E-state index in [1.165, 1.54) is 154 Å². The molecule has 0 fully saturated rings. The lowest BCUT2D eigenvalue weighted by Crippen LogP contribution is -2.05. The summed E-state index contributed by atoms with van der Waals surface area (Å²) in [5.74, 6) is 0.00847. The normalized spacial score (nSPS) is 12.2. The molecular weight excluding hydrogens is 456 g/mol. The summed E-state index contributed by atoms with van der Waals surface area (Å²) in [6.07, 6.45) is 36.0. The van der Waals surface area contributed by atoms with Crippen molar-refractivity contribution in [2.75, 3.05) is 6.61 Å². The first kappa shape index (κ1) is 36.4. The second-order valence-corrected chi connectivity index (χ2v) is 11.7. The maximum absolute atomic E-state index is 11.9. The van der Waals surface area contributed by atoms with E-state index in [-0.39, 0.29) is 12.1 Å². The van der Waals surface area contributed by atoms with Gasteiger partial charge in [-0.05, 0) is 25.7 Å². The van der Waals surface area contributed by atoms with Crippen molar-refractivity contribution in [2.24, 2.45) is 0 Å². The molecule has 222 valence electrons. The highest BCUT2D eigenvalue weighted by atomic mass is 16.5. The number of hydrogen-bond acceptors (Lipinski definition) is 3. The van der Waals surface area contributed by atoms with Crippen LogP contribution in [0.5, 0.6) is 0 Å². The van der Waals surface area contributed by atoms with E-state index in [9.17, 15) is 9.90 Å². The number of aliphatic hydroxyl groups excluding tert-OH is 1. The Bertz CT molecular complexity index is 437. The third-order valence-corrected chi connectivity index (χ3v) is 7.82. The minimum absolute atomic E-state index is 0.00847. The molecule has 0 saturated heterocycles. The lowest BCUT2D eigenvalue weighted by molar-refractivity contribution is -0.143. The number of hydrogen-bond donors (Lipinski definition) is 1. The molecule has 3 heteroatoms. The summed E-state index contributed by atoms with van der Waals surface area (Å²) in [4.78, 5) is 11.9. The number of carbonyl (C=O) groups is 1. The molecule has 1 N–H and O–H groups in total. The zero-order chi connectivity index (χ0) is 27.1. The molecule has 0 amide bonds. The number of esters is 1. The molecule has 0 saturated carbocycles. The number of carbonyl (C=O) groups excluding carboxylic acids is 1. The highest BCUT2D eigenvalue weighted by Crippen LogP contribution is 2.15. The first-order valence-electron chi connectivity index (χ1n) is 17.0. The van der Waals surface area contributed by atoms with Crippen molar-refractivity contribution < 1.29 is 14.6 Å². The van der Waals surface area contributed by atoms with Crippen LogP contribution in [0.3, 0.4) is 0 Å². The molecule has 1 atom stereocenters. The monoisotopic (exact) mass is 525 g/mol. The van der Waals surface area contributed by atoms with Gasteiger partial charge >= 0.3 is 5.97 Å². The van der Waals surface area contributed by atoms with E-state index < -0.39 is 0 Å². The van der Waals surface area contributed by atoms with Gasteiger partial charge in [0.25, 0.3) is 0 Å². The van der Waals surface area contributed by atoms with Crippen molar-refractivity contribution in [3.8, 4) is 0 Å². The molecule has 1 unspecified atom stereocenters. The fraction of sp³-hybridized carbons (Fsp3) is 0.971. The van der Waals surface area contributed by atoms with Crippen molar-refractivity contribution in [2.45, 2.75) is 206 Å². The molecule has 0 radical (unpaired) electrons. The maximum Gasteiger partial charge on any atom is 0.305 e. The van der Waals surface area contributed by atoms with Gasteiger partial charge in [-0.1, -0.05) is 168 Å². The number of aliphatic hydroxyl groups is 1. The minimum atomic E-state index is -0.0691. The number of unbranched alkanes of at least 4 members (excludes halogenated alkanes) is 23. The molecule has 0 aromatic heterocycles. The predicted molar refractivity (Wildman–Crippen MR) is 162 cm³/mol. The maximum atomic E-state index is 11.9. The van der Waals surface area contributed by atoms with Crippen LogP contribution in [0.15, 0.2) is 0 Å². The Hall–Kier alpha value is -0.570. The van der Waals surface area contributed by atoms with Gasteiger partial charge in [0.1, 0.15) is 0 Å². The lowest BCUT2D eigenvalue weighted by Gasteiger charge is -2.10. The Morgan fingerprint density at radius 3 is 1.24 bits per heavy atom. The third kappa shape index (κ3) is 31.5. The lowest BCUT2D eigenvalue weighted by atomic mass is 10.0. The van der Waals surface area contributed by atoms with E-state index in [4.69, 9.17) is 4.74 Å². The van der Waals surface area contributed by atoms with Crippen LogP contribution in [0.1, 0.15) is 200 Å². The van der Waals surface area contributed by atoms with E-state index in [1.807, 2.05) is 0 Å². The highest BCUT2D eigenvalue weighted by molar-refractivity contribution is 5.69. The van der Waals surface area contributed by atoms with E-state index >= 15 is 0 Å². The van der Waals surface area contributed by atoms with Gasteiger partial charge < -0.3 is 9.84 Å². The summed E-state index contributed by atoms with van der Waals surface area (Å²) in [7, 11) is 0. The van der Waals surface area contributed by atoms with Gasteiger partial charge in [0.05, 0.1) is 12.7 Å². The molecule has 0 aromatic carbocycles. The summed E-state index contributed by atoms with van der Waals surface area (Å²) in [6, 6.07) is 0. The van der Waals surface area contributed by atoms with E-state index in [0.29, 0.717) is 13.0 Å². The number of ether oxygens (including phenoxy) is 1. The summed E-state index contributed by atoms with van der Waals surface area (Å²) in [5, 5.41) is 10.0. The van der Waals surface area contributed by atoms with Gasteiger partial charge in [-0.25, -0.2) is 0 Å². The second-order valence-electron chi connectivity index (χ2n) is 11.7. The Balaban J connectivity index is 3.20. The van der Waals surface area contributed by atoms with Crippen molar-refractivity contribution in [3.05, 3.63) is 0 Å². The van der Waals surface area contributed by atoms with E-state index in [0.717, 1.165) is 25.7 Å². The Morgan fingerprint density at radius 1 is 0.486 bits per heavy atom. The van der Waals surface area contributed by atoms with Gasteiger partial charge in [-0.15, -0.1) is 0 Å². The van der Waals surface area contributed by atoms with Crippen LogP contribution < -0.4 is 0 Å². The molecule has 0 spiro atoms. The summed E-state index contributed by atoms with van der Waals surface area (Å²) in [6.45, 7) is 5.12. The summed E-state index contributed by atoms with van der Waals surface area (Å²) >= 11 is 0. The van der Waals surface area contributed by atoms with Crippen molar-refractivity contribution in [1.82, 2.24) is 0 Å². The standard InChI is InChI=1S/C34H68O3/c1-3-5-7-9-10-11-12-13-14-17-20-23-27-31-34(36)37-32-28-24-21-18-15-16-19-22-26-30-33(35)29-25-8-6-4-2/h33,35H,3-32H2,1-2H3. The Labute approximate surface area is 233 Å². The SMILES string of the molecule is CCCCCCCCCCCCCCCC(=O)OCCCCCCCCCCCC(O)CCCCCC. The van der Waals surface area contributed by atoms with Crippen LogP contribution in [0, 0.1) is 0 Å². The quantitative estimate of drug-likeness (QED) is 0.0724. The average Bonchev–Trinajstić information content (AvgIpc) is 2.90. The van der Waals surface area contributed by atoms with Gasteiger partial charge in [0.15, 0.2) is 0 Å². The summed E-state index contributed by atoms with van der Waals surface area (Å²) in [5.41, 5.74) is 0. The highest BCUT2D eigenvalue weighted by Gasteiger charge is 2.04. The molecule has 0 rings (SSSR count). The molecule has 0 bridgehead atoms. The summed E-state index contributed by atoms with van der Waals surface area (Å²) < 4.78 is 5.42. The molecule has 37 heavy (non-hydrogen) atoms. The Kier molecular flexibility index (Phi) is 31.2. The van der Waals surface area contributed by atoms with Gasteiger partial charge in [-0.3, -0.25) is 4.79 Å². The first-order chi connectivity index (χ1) is 18.2. The largest absolute Gasteiger partial charge is 0.466 e. The third-order valence-electron chi connectivity index (χ3n) is 7.82. The number of rotatable bonds is 31. The Morgan fingerprint density at radius 2 is 0.811 bits per heavy atom. The van der Waals surface area contributed by atoms with Gasteiger partial charge in [0.2, 0.25) is 0 Å². The van der Waals surface area contributed by atoms with Crippen LogP contribution in [-0.2, 0) is 9.53 Å². The molecule has 0 aromatic rings. The average molecular weight is 525 g/mol. The topological polar surface area (TPSA) is 46.5 Å². The van der Waals surface area contributed by atoms with Crippen LogP contribution in [0.2, 0.25) is 0 Å². The zero-order valence-electron chi connectivity index (χ0n) is 25.6. The van der Waals surface area contributed by atoms with Crippen LogP contribution in [-0.4, -0.2) is 23.8 Å². The first-order valence-corrected chi connectivity index (χ1v) is 17.0. The minimum Gasteiger partial charge on any atom is -0.466 e. The van der Waals surface area contributed by atoms with Gasteiger partial charge in [-0.2, -0.15) is 0 Å². The predicted octanol–water partition coefficient (Wildman–Crippen LogP) is 11.2. The van der Waals surface area contributed by atoms with E-state index in [2.05, 4.69) is 13.8 Å². The second kappa shape index (κ2) is 31.6. The zero-order valence-corrected chi connectivity index (χ0v) is 25.6. The van der Waals surface area contributed by atoms with Gasteiger partial charge in [0, 0.05) is 6.42 Å². The molecule has 0 aliphatic heterocycles. The molecule has 0 heterocycles. The van der Waals surface area contributed by atoms with Crippen LogP contribution in [0.25, 0.3) is 0 Å². The van der Waals surface area contributed by atoms with Crippen LogP contribution >= 0.6 is 0 Å². The van der Waals surface area contributed by atoms with E-state index in [1.54, 1.807) is 0 Å². The molecule has 0 aliphatic carbocycles. The fourth-order valence-corrected chi connectivity index (χ4v) is 5.22. The molecule has 0 aliphatic rings. The fourth-order valence-electron chi connectivity index (χ4n) is 5.22. The smallest absolute Gasteiger partial charge is 0.305 e. The van der Waals surface area contributed by atoms with Crippen molar-refractivity contribution >= 4 is 5.97 Å². The molecular formula is C34H68O3. The van der Waals surface area contributed by atoms with Crippen LogP contribution in [0.4, 0.5) is 0 Å².